The Morgan fingerprint density at radius 3 is 2.78 bits per heavy atom. The van der Waals surface area contributed by atoms with Crippen LogP contribution in [-0.4, -0.2) is 15.2 Å². The van der Waals surface area contributed by atoms with Crippen molar-refractivity contribution in [3.8, 4) is 11.4 Å². The Kier molecular flexibility index (Phi) is 2.86. The summed E-state index contributed by atoms with van der Waals surface area (Å²) in [5.74, 6) is 1.59. The molecule has 0 atom stereocenters. The van der Waals surface area contributed by atoms with Crippen molar-refractivity contribution in [2.45, 2.75) is 38.5 Å². The average molecular weight is 245 g/mol. The molecule has 1 aliphatic carbocycles. The zero-order chi connectivity index (χ0) is 12.5. The summed E-state index contributed by atoms with van der Waals surface area (Å²) in [5.41, 5.74) is 1.38. The normalized spacial score (nSPS) is 16.3. The van der Waals surface area contributed by atoms with Crippen molar-refractivity contribution in [2.24, 2.45) is 0 Å². The fraction of sp³-hybridized carbons (Fsp3) is 0.429. The maximum atomic E-state index is 13.8. The van der Waals surface area contributed by atoms with Crippen LogP contribution in [0.15, 0.2) is 18.2 Å². The van der Waals surface area contributed by atoms with E-state index in [9.17, 15) is 4.39 Å². The summed E-state index contributed by atoms with van der Waals surface area (Å²) in [6.07, 6.45) is 4.81. The molecule has 1 aromatic heterocycles. The number of halogens is 1. The lowest BCUT2D eigenvalue weighted by Gasteiger charge is -2.02. The van der Waals surface area contributed by atoms with E-state index in [0.29, 0.717) is 17.3 Å². The van der Waals surface area contributed by atoms with Gasteiger partial charge in [0.1, 0.15) is 11.6 Å². The van der Waals surface area contributed by atoms with Crippen LogP contribution < -0.4 is 0 Å². The molecule has 0 unspecified atom stereocenters. The minimum absolute atomic E-state index is 0.257. The smallest absolute Gasteiger partial charge is 0.184 e. The van der Waals surface area contributed by atoms with Crippen LogP contribution in [0.5, 0.6) is 0 Å². The molecule has 94 valence electrons. The van der Waals surface area contributed by atoms with Gasteiger partial charge in [0.25, 0.3) is 0 Å². The Morgan fingerprint density at radius 2 is 2.06 bits per heavy atom. The van der Waals surface area contributed by atoms with Gasteiger partial charge in [0.05, 0.1) is 5.56 Å². The monoisotopic (exact) mass is 245 g/mol. The number of hydrogen-bond donors (Lipinski definition) is 1. The number of benzene rings is 1. The lowest BCUT2D eigenvalue weighted by atomic mass is 10.1. The van der Waals surface area contributed by atoms with Gasteiger partial charge in [0.2, 0.25) is 0 Å². The van der Waals surface area contributed by atoms with E-state index in [2.05, 4.69) is 15.2 Å². The van der Waals surface area contributed by atoms with Gasteiger partial charge in [-0.1, -0.05) is 18.9 Å². The van der Waals surface area contributed by atoms with Gasteiger partial charge in [0.15, 0.2) is 5.82 Å². The minimum atomic E-state index is -0.257. The fourth-order valence-corrected chi connectivity index (χ4v) is 2.58. The molecule has 0 radical (unpaired) electrons. The largest absolute Gasteiger partial charge is 0.262 e. The molecule has 0 aliphatic heterocycles. The number of aromatic amines is 1. The Balaban J connectivity index is 1.92. The van der Waals surface area contributed by atoms with Crippen LogP contribution in [0.4, 0.5) is 4.39 Å². The molecule has 0 amide bonds. The molecule has 0 spiro atoms. The molecule has 1 saturated carbocycles. The van der Waals surface area contributed by atoms with E-state index in [1.54, 1.807) is 6.07 Å². The summed E-state index contributed by atoms with van der Waals surface area (Å²) in [4.78, 5) is 4.45. The molecule has 1 N–H and O–H groups in total. The van der Waals surface area contributed by atoms with Crippen LogP contribution in [0.2, 0.25) is 0 Å². The number of nitrogens with one attached hydrogen (secondary N) is 1. The highest BCUT2D eigenvalue weighted by Gasteiger charge is 2.21. The third-order valence-electron chi connectivity index (χ3n) is 3.61. The predicted molar refractivity (Wildman–Crippen MR) is 67.7 cm³/mol. The van der Waals surface area contributed by atoms with Crippen molar-refractivity contribution in [1.82, 2.24) is 15.2 Å². The van der Waals surface area contributed by atoms with E-state index in [1.165, 1.54) is 18.9 Å². The van der Waals surface area contributed by atoms with E-state index in [0.717, 1.165) is 24.2 Å². The molecule has 2 aromatic rings. The van der Waals surface area contributed by atoms with Gasteiger partial charge >= 0.3 is 0 Å². The molecule has 3 nitrogen and oxygen atoms in total. The summed E-state index contributed by atoms with van der Waals surface area (Å²) in [6, 6.07) is 5.14. The Morgan fingerprint density at radius 1 is 1.28 bits per heavy atom. The van der Waals surface area contributed by atoms with Crippen molar-refractivity contribution in [1.29, 1.82) is 0 Å². The summed E-state index contributed by atoms with van der Waals surface area (Å²) >= 11 is 0. The van der Waals surface area contributed by atoms with Crippen LogP contribution in [0, 0.1) is 12.7 Å². The first-order valence-corrected chi connectivity index (χ1v) is 6.43. The fourth-order valence-electron chi connectivity index (χ4n) is 2.58. The summed E-state index contributed by atoms with van der Waals surface area (Å²) in [6.45, 7) is 1.87. The highest BCUT2D eigenvalue weighted by atomic mass is 19.1. The molecule has 0 bridgehead atoms. The molecular weight excluding hydrogens is 229 g/mol. The summed E-state index contributed by atoms with van der Waals surface area (Å²) < 4.78 is 13.8. The van der Waals surface area contributed by atoms with E-state index in [1.807, 2.05) is 13.0 Å². The highest BCUT2D eigenvalue weighted by molar-refractivity contribution is 5.56. The van der Waals surface area contributed by atoms with Gasteiger partial charge in [-0.3, -0.25) is 5.10 Å². The van der Waals surface area contributed by atoms with Crippen molar-refractivity contribution in [3.05, 3.63) is 35.4 Å². The van der Waals surface area contributed by atoms with E-state index in [4.69, 9.17) is 0 Å². The molecule has 3 rings (SSSR count). The number of H-pyrrole nitrogens is 1. The highest BCUT2D eigenvalue weighted by Crippen LogP contribution is 2.32. The first-order valence-electron chi connectivity index (χ1n) is 6.43. The van der Waals surface area contributed by atoms with E-state index < -0.39 is 0 Å². The van der Waals surface area contributed by atoms with Crippen LogP contribution in [-0.2, 0) is 0 Å². The summed E-state index contributed by atoms with van der Waals surface area (Å²) in [5, 5.41) is 7.11. The number of rotatable bonds is 2. The van der Waals surface area contributed by atoms with Crippen molar-refractivity contribution in [2.75, 3.05) is 0 Å². The molecule has 1 heterocycles. The lowest BCUT2D eigenvalue weighted by Crippen LogP contribution is -1.94. The second kappa shape index (κ2) is 4.52. The molecule has 18 heavy (non-hydrogen) atoms. The Labute approximate surface area is 105 Å². The van der Waals surface area contributed by atoms with Gasteiger partial charge in [-0.05, 0) is 37.5 Å². The Hall–Kier alpha value is -1.71. The van der Waals surface area contributed by atoms with Crippen molar-refractivity contribution < 1.29 is 4.39 Å². The minimum Gasteiger partial charge on any atom is -0.262 e. The number of hydrogen-bond acceptors (Lipinski definition) is 2. The van der Waals surface area contributed by atoms with Crippen molar-refractivity contribution in [3.63, 3.8) is 0 Å². The van der Waals surface area contributed by atoms with Gasteiger partial charge in [-0.15, -0.1) is 0 Å². The third-order valence-corrected chi connectivity index (χ3v) is 3.61. The summed E-state index contributed by atoms with van der Waals surface area (Å²) in [7, 11) is 0. The third kappa shape index (κ3) is 2.03. The van der Waals surface area contributed by atoms with Crippen LogP contribution >= 0.6 is 0 Å². The zero-order valence-electron chi connectivity index (χ0n) is 10.4. The zero-order valence-corrected chi connectivity index (χ0v) is 10.4. The van der Waals surface area contributed by atoms with Crippen LogP contribution in [0.25, 0.3) is 11.4 Å². The average Bonchev–Trinajstić information content (AvgIpc) is 2.99. The van der Waals surface area contributed by atoms with E-state index >= 15 is 0 Å². The molecule has 1 aromatic carbocycles. The van der Waals surface area contributed by atoms with Crippen molar-refractivity contribution >= 4 is 0 Å². The SMILES string of the molecule is Cc1ccc(-c2n[nH]c(C3CCCC3)n2)c(F)c1. The topological polar surface area (TPSA) is 41.6 Å². The standard InChI is InChI=1S/C14H16FN3/c1-9-6-7-11(12(15)8-9)14-16-13(17-18-14)10-4-2-3-5-10/h6-8,10H,2-5H2,1H3,(H,16,17,18). The molecule has 4 heteroatoms. The first kappa shape index (κ1) is 11.4. The van der Waals surface area contributed by atoms with E-state index in [-0.39, 0.29) is 5.82 Å². The number of aryl methyl sites for hydroxylation is 1. The Bertz CT molecular complexity index is 556. The van der Waals surface area contributed by atoms with Crippen LogP contribution in [0.3, 0.4) is 0 Å². The second-order valence-electron chi connectivity index (χ2n) is 5.01. The van der Waals surface area contributed by atoms with Gasteiger partial charge in [-0.25, -0.2) is 9.37 Å². The molecule has 1 aliphatic rings. The van der Waals surface area contributed by atoms with Crippen LogP contribution in [0.1, 0.15) is 43.0 Å². The lowest BCUT2D eigenvalue weighted by molar-refractivity contribution is 0.628. The second-order valence-corrected chi connectivity index (χ2v) is 5.01. The van der Waals surface area contributed by atoms with Gasteiger partial charge < -0.3 is 0 Å². The maximum Gasteiger partial charge on any atom is 0.184 e. The number of nitrogens with zero attached hydrogens (tertiary/aromatic N) is 2. The van der Waals surface area contributed by atoms with Gasteiger partial charge in [-0.2, -0.15) is 5.10 Å². The first-order chi connectivity index (χ1) is 8.74. The molecule has 0 saturated heterocycles. The van der Waals surface area contributed by atoms with Gasteiger partial charge in [0, 0.05) is 5.92 Å². The quantitative estimate of drug-likeness (QED) is 0.878. The maximum absolute atomic E-state index is 13.8. The molecule has 1 fully saturated rings. The number of aromatic nitrogens is 3. The molecular formula is C14H16FN3. The predicted octanol–water partition coefficient (Wildman–Crippen LogP) is 3.58.